The SMILES string of the molecule is CC1(C)C2=C(CN1C(=O)Nc1c(F)ccc3cc(Cl)oc13)C(NC(=O)C1([Si](C)(C)C)CCC1)=NC2. The number of benzene rings is 1. The fourth-order valence-electron chi connectivity index (χ4n) is 5.60. The Morgan fingerprint density at radius 2 is 1.91 bits per heavy atom. The monoisotopic (exact) mass is 516 g/mol. The molecule has 186 valence electrons. The summed E-state index contributed by atoms with van der Waals surface area (Å²) >= 11 is 5.95. The van der Waals surface area contributed by atoms with Crippen LogP contribution in [0.1, 0.15) is 33.1 Å². The molecule has 1 aromatic heterocycles. The zero-order chi connectivity index (χ0) is 25.3. The van der Waals surface area contributed by atoms with Gasteiger partial charge in [-0.1, -0.05) is 26.1 Å². The number of furan rings is 1. The maximum atomic E-state index is 14.6. The van der Waals surface area contributed by atoms with Gasteiger partial charge in [-0.15, -0.1) is 0 Å². The summed E-state index contributed by atoms with van der Waals surface area (Å²) < 4.78 is 20.1. The lowest BCUT2D eigenvalue weighted by Gasteiger charge is -2.49. The number of fused-ring (bicyclic) bond motifs is 1. The predicted octanol–water partition coefficient (Wildman–Crippen LogP) is 5.94. The largest absolute Gasteiger partial charge is 0.442 e. The molecule has 2 aromatic rings. The molecule has 0 radical (unpaired) electrons. The first-order valence-electron chi connectivity index (χ1n) is 11.9. The third kappa shape index (κ3) is 3.62. The number of amides is 3. The van der Waals surface area contributed by atoms with E-state index >= 15 is 0 Å². The Labute approximate surface area is 209 Å². The zero-order valence-corrected chi connectivity index (χ0v) is 22.4. The molecule has 35 heavy (non-hydrogen) atoms. The van der Waals surface area contributed by atoms with Crippen LogP contribution in [0.2, 0.25) is 29.9 Å². The van der Waals surface area contributed by atoms with Gasteiger partial charge in [-0.25, -0.2) is 9.18 Å². The van der Waals surface area contributed by atoms with E-state index in [-0.39, 0.29) is 34.0 Å². The Bertz CT molecular complexity index is 1320. The molecular weight excluding hydrogens is 487 g/mol. The van der Waals surface area contributed by atoms with E-state index in [1.807, 2.05) is 13.8 Å². The van der Waals surface area contributed by atoms with Crippen molar-refractivity contribution < 1.29 is 18.4 Å². The summed E-state index contributed by atoms with van der Waals surface area (Å²) in [7, 11) is -1.73. The Morgan fingerprint density at radius 1 is 1.20 bits per heavy atom. The van der Waals surface area contributed by atoms with E-state index in [0.29, 0.717) is 17.8 Å². The highest BCUT2D eigenvalue weighted by atomic mass is 35.5. The number of nitrogens with zero attached hydrogens (tertiary/aromatic N) is 2. The van der Waals surface area contributed by atoms with E-state index in [9.17, 15) is 14.0 Å². The molecular formula is C25H30ClFN4O3Si. The fourth-order valence-corrected chi connectivity index (χ4v) is 8.39. The Hall–Kier alpha value is -2.65. The number of nitrogens with one attached hydrogen (secondary N) is 2. The molecule has 2 N–H and O–H groups in total. The smallest absolute Gasteiger partial charge is 0.323 e. The van der Waals surface area contributed by atoms with Crippen molar-refractivity contribution in [2.75, 3.05) is 18.4 Å². The molecule has 0 atom stereocenters. The van der Waals surface area contributed by atoms with E-state index < -0.39 is 25.5 Å². The van der Waals surface area contributed by atoms with E-state index in [0.717, 1.165) is 30.4 Å². The summed E-state index contributed by atoms with van der Waals surface area (Å²) in [5.41, 5.74) is 1.33. The number of anilines is 1. The van der Waals surface area contributed by atoms with Crippen molar-refractivity contribution in [2.45, 2.75) is 63.3 Å². The summed E-state index contributed by atoms with van der Waals surface area (Å²) in [6.45, 7) is 11.3. The van der Waals surface area contributed by atoms with Gasteiger partial charge in [0.2, 0.25) is 5.91 Å². The number of amidine groups is 1. The highest BCUT2D eigenvalue weighted by molar-refractivity contribution is 6.82. The molecule has 1 aliphatic carbocycles. The van der Waals surface area contributed by atoms with E-state index in [4.69, 9.17) is 16.0 Å². The normalized spacial score (nSPS) is 20.5. The molecule has 5 rings (SSSR count). The molecule has 7 nitrogen and oxygen atoms in total. The molecule has 1 aromatic carbocycles. The first kappa shape index (κ1) is 24.1. The van der Waals surface area contributed by atoms with Crippen molar-refractivity contribution in [1.29, 1.82) is 0 Å². The minimum atomic E-state index is -1.73. The average Bonchev–Trinajstić information content (AvgIpc) is 3.36. The van der Waals surface area contributed by atoms with Gasteiger partial charge in [-0.2, -0.15) is 0 Å². The van der Waals surface area contributed by atoms with Gasteiger partial charge in [0.1, 0.15) is 11.5 Å². The van der Waals surface area contributed by atoms with Gasteiger partial charge in [0, 0.05) is 22.1 Å². The number of hydrogen-bond acceptors (Lipinski definition) is 4. The van der Waals surface area contributed by atoms with E-state index in [2.05, 4.69) is 35.3 Å². The second-order valence-corrected chi connectivity index (χ2v) is 17.1. The second kappa shape index (κ2) is 7.93. The Morgan fingerprint density at radius 3 is 2.54 bits per heavy atom. The van der Waals surface area contributed by atoms with Crippen LogP contribution < -0.4 is 10.6 Å². The predicted molar refractivity (Wildman–Crippen MR) is 138 cm³/mol. The van der Waals surface area contributed by atoms with Crippen molar-refractivity contribution >= 4 is 54.1 Å². The topological polar surface area (TPSA) is 86.9 Å². The van der Waals surface area contributed by atoms with Crippen LogP contribution in [0.15, 0.2) is 38.8 Å². The molecule has 0 saturated heterocycles. The lowest BCUT2D eigenvalue weighted by Crippen LogP contribution is -2.55. The molecule has 10 heteroatoms. The van der Waals surface area contributed by atoms with Crippen LogP contribution in [-0.2, 0) is 4.79 Å². The number of carbonyl (C=O) groups is 2. The van der Waals surface area contributed by atoms with Crippen molar-refractivity contribution in [3.05, 3.63) is 40.4 Å². The van der Waals surface area contributed by atoms with Crippen LogP contribution in [-0.4, -0.2) is 49.4 Å². The van der Waals surface area contributed by atoms with Gasteiger partial charge in [0.05, 0.1) is 26.7 Å². The molecule has 0 spiro atoms. The van der Waals surface area contributed by atoms with Crippen molar-refractivity contribution in [3.8, 4) is 0 Å². The third-order valence-corrected chi connectivity index (χ3v) is 12.0. The average molecular weight is 517 g/mol. The Balaban J connectivity index is 1.36. The molecule has 0 bridgehead atoms. The highest BCUT2D eigenvalue weighted by Gasteiger charge is 2.54. The van der Waals surface area contributed by atoms with Crippen molar-refractivity contribution in [1.82, 2.24) is 10.2 Å². The zero-order valence-electron chi connectivity index (χ0n) is 20.6. The molecule has 3 heterocycles. The van der Waals surface area contributed by atoms with Crippen LogP contribution in [0.3, 0.4) is 0 Å². The number of carbonyl (C=O) groups excluding carboxylic acids is 2. The van der Waals surface area contributed by atoms with Gasteiger partial charge in [-0.3, -0.25) is 9.79 Å². The molecule has 1 saturated carbocycles. The quantitative estimate of drug-likeness (QED) is 0.495. The molecule has 3 amide bonds. The molecule has 1 fully saturated rings. The lowest BCUT2D eigenvalue weighted by atomic mass is 9.83. The van der Waals surface area contributed by atoms with Gasteiger partial charge in [0.25, 0.3) is 0 Å². The maximum absolute atomic E-state index is 14.6. The first-order chi connectivity index (χ1) is 16.3. The van der Waals surface area contributed by atoms with Gasteiger partial charge in [-0.05, 0) is 56.0 Å². The van der Waals surface area contributed by atoms with E-state index in [1.165, 1.54) is 6.07 Å². The van der Waals surface area contributed by atoms with Crippen LogP contribution in [0.5, 0.6) is 0 Å². The van der Waals surface area contributed by atoms with Crippen LogP contribution in [0, 0.1) is 5.82 Å². The third-order valence-electron chi connectivity index (χ3n) is 8.17. The first-order valence-corrected chi connectivity index (χ1v) is 15.8. The van der Waals surface area contributed by atoms with Gasteiger partial charge < -0.3 is 20.0 Å². The van der Waals surface area contributed by atoms with Gasteiger partial charge in [0.15, 0.2) is 16.6 Å². The highest BCUT2D eigenvalue weighted by Crippen LogP contribution is 2.55. The summed E-state index contributed by atoms with van der Waals surface area (Å²) in [5.74, 6) is 0.00426. The van der Waals surface area contributed by atoms with Crippen LogP contribution in [0.4, 0.5) is 14.9 Å². The fraction of sp³-hybridized carbons (Fsp3) is 0.480. The summed E-state index contributed by atoms with van der Waals surface area (Å²) in [6, 6.07) is 3.92. The summed E-state index contributed by atoms with van der Waals surface area (Å²) in [4.78, 5) is 33.0. The van der Waals surface area contributed by atoms with Crippen LogP contribution >= 0.6 is 11.6 Å². The van der Waals surface area contributed by atoms with Crippen molar-refractivity contribution in [3.63, 3.8) is 0 Å². The number of halogens is 2. The maximum Gasteiger partial charge on any atom is 0.323 e. The van der Waals surface area contributed by atoms with E-state index in [1.54, 1.807) is 17.0 Å². The minimum Gasteiger partial charge on any atom is -0.442 e. The number of hydrogen-bond donors (Lipinski definition) is 2. The molecule has 0 unspecified atom stereocenters. The standard InChI is InChI=1S/C25H30ClFN4O3Si/c1-24(2)16-12-28-21(30-22(32)25(9-6-10-25)35(3,4)5)15(16)13-31(24)23(33)29-19-17(27)8-7-14-11-18(26)34-20(14)19/h7-8,11H,6,9-10,12-13H2,1-5H3,(H,29,33)(H,28,30,32). The van der Waals surface area contributed by atoms with Crippen molar-refractivity contribution in [2.24, 2.45) is 4.99 Å². The Kier molecular flexibility index (Phi) is 5.45. The second-order valence-electron chi connectivity index (χ2n) is 11.2. The molecule has 2 aliphatic heterocycles. The number of urea groups is 1. The number of aliphatic imine (C=N–C) groups is 1. The van der Waals surface area contributed by atoms with Crippen LogP contribution in [0.25, 0.3) is 11.0 Å². The molecule has 3 aliphatic rings. The number of rotatable bonds is 3. The summed E-state index contributed by atoms with van der Waals surface area (Å²) in [5, 5.41) is 6.24. The lowest BCUT2D eigenvalue weighted by molar-refractivity contribution is -0.125. The summed E-state index contributed by atoms with van der Waals surface area (Å²) in [6.07, 6.45) is 2.91. The minimum absolute atomic E-state index is 0.0495. The van der Waals surface area contributed by atoms with Gasteiger partial charge >= 0.3 is 6.03 Å².